The maximum absolute atomic E-state index is 12.3. The van der Waals surface area contributed by atoms with E-state index in [2.05, 4.69) is 15.6 Å². The third kappa shape index (κ3) is 5.10. The second kappa shape index (κ2) is 8.89. The maximum atomic E-state index is 12.3. The molecule has 0 aliphatic heterocycles. The lowest BCUT2D eigenvalue weighted by molar-refractivity contribution is -0.123. The van der Waals surface area contributed by atoms with Gasteiger partial charge in [0.1, 0.15) is 6.04 Å². The molecule has 2 unspecified atom stereocenters. The van der Waals surface area contributed by atoms with E-state index in [4.69, 9.17) is 5.73 Å². The summed E-state index contributed by atoms with van der Waals surface area (Å²) in [4.78, 5) is 27.9. The summed E-state index contributed by atoms with van der Waals surface area (Å²) in [5, 5.41) is 6.37. The van der Waals surface area contributed by atoms with Crippen molar-refractivity contribution >= 4 is 45.3 Å². The van der Waals surface area contributed by atoms with Gasteiger partial charge in [-0.05, 0) is 30.6 Å². The largest absolute Gasteiger partial charge is 0.354 e. The number of carbonyl (C=O) groups is 2. The van der Waals surface area contributed by atoms with Gasteiger partial charge in [0.2, 0.25) is 5.91 Å². The zero-order chi connectivity index (χ0) is 17.5. The highest BCUT2D eigenvalue weighted by atomic mass is 32.2. The second-order valence-corrected chi connectivity index (χ2v) is 7.56. The van der Waals surface area contributed by atoms with Crippen molar-refractivity contribution in [3.8, 4) is 0 Å². The molecule has 2 atom stereocenters. The lowest BCUT2D eigenvalue weighted by atomic mass is 10.1. The summed E-state index contributed by atoms with van der Waals surface area (Å²) in [6, 6.07) is 6.69. The Kier molecular flexibility index (Phi) is 6.86. The van der Waals surface area contributed by atoms with Crippen LogP contribution in [0.1, 0.15) is 24.3 Å². The third-order valence-corrected chi connectivity index (χ3v) is 5.47. The molecule has 0 bridgehead atoms. The van der Waals surface area contributed by atoms with Crippen LogP contribution in [-0.2, 0) is 4.79 Å². The normalized spacial score (nSPS) is 13.4. The zero-order valence-corrected chi connectivity index (χ0v) is 15.4. The summed E-state index contributed by atoms with van der Waals surface area (Å²) in [5.41, 5.74) is 6.12. The van der Waals surface area contributed by atoms with Gasteiger partial charge in [-0.2, -0.15) is 11.8 Å². The number of fused-ring (bicyclic) bond motifs is 1. The van der Waals surface area contributed by atoms with Gasteiger partial charge in [-0.25, -0.2) is 9.78 Å². The van der Waals surface area contributed by atoms with Crippen LogP contribution < -0.4 is 16.4 Å². The number of aromatic nitrogens is 1. The number of rotatable bonds is 8. The molecule has 0 fully saturated rings. The molecule has 2 rings (SSSR count). The fourth-order valence-electron chi connectivity index (χ4n) is 2.24. The Labute approximate surface area is 149 Å². The number of hydrogen-bond donors (Lipinski definition) is 3. The minimum absolute atomic E-state index is 0.0983. The first-order chi connectivity index (χ1) is 11.5. The highest BCUT2D eigenvalue weighted by Gasteiger charge is 2.20. The molecule has 3 amide bonds. The van der Waals surface area contributed by atoms with Crippen LogP contribution in [0.25, 0.3) is 10.2 Å². The van der Waals surface area contributed by atoms with E-state index in [1.807, 2.05) is 37.4 Å². The van der Waals surface area contributed by atoms with E-state index in [1.54, 1.807) is 23.1 Å². The van der Waals surface area contributed by atoms with Crippen molar-refractivity contribution in [2.75, 3.05) is 18.6 Å². The second-order valence-electron chi connectivity index (χ2n) is 5.51. The SMILES string of the molecule is CSCCC(NC(N)=O)C(=O)NCC(C)c1nc2ccccc2s1. The molecule has 1 aromatic carbocycles. The highest BCUT2D eigenvalue weighted by Crippen LogP contribution is 2.26. The van der Waals surface area contributed by atoms with Crippen LogP contribution in [0.4, 0.5) is 4.79 Å². The number of para-hydroxylation sites is 1. The monoisotopic (exact) mass is 366 g/mol. The molecule has 1 aromatic heterocycles. The van der Waals surface area contributed by atoms with Crippen molar-refractivity contribution in [2.45, 2.75) is 25.3 Å². The number of carbonyl (C=O) groups excluding carboxylic acids is 2. The number of benzene rings is 1. The number of hydrogen-bond acceptors (Lipinski definition) is 5. The number of nitrogens with zero attached hydrogens (tertiary/aromatic N) is 1. The van der Waals surface area contributed by atoms with Gasteiger partial charge < -0.3 is 16.4 Å². The van der Waals surface area contributed by atoms with E-state index >= 15 is 0 Å². The summed E-state index contributed by atoms with van der Waals surface area (Å²) >= 11 is 3.25. The van der Waals surface area contributed by atoms with Crippen LogP contribution in [-0.4, -0.2) is 41.5 Å². The van der Waals surface area contributed by atoms with Crippen LogP contribution in [0.3, 0.4) is 0 Å². The van der Waals surface area contributed by atoms with E-state index in [1.165, 1.54) is 0 Å². The minimum Gasteiger partial charge on any atom is -0.354 e. The first kappa shape index (κ1) is 18.5. The van der Waals surface area contributed by atoms with Crippen LogP contribution in [0, 0.1) is 0 Å². The minimum atomic E-state index is -0.685. The van der Waals surface area contributed by atoms with E-state index in [0.29, 0.717) is 13.0 Å². The Balaban J connectivity index is 1.94. The Morgan fingerprint density at radius 2 is 2.12 bits per heavy atom. The quantitative estimate of drug-likeness (QED) is 0.668. The maximum Gasteiger partial charge on any atom is 0.312 e. The predicted octanol–water partition coefficient (Wildman–Crippen LogP) is 2.31. The molecule has 130 valence electrons. The van der Waals surface area contributed by atoms with E-state index in [-0.39, 0.29) is 11.8 Å². The number of thioether (sulfide) groups is 1. The number of nitrogens with one attached hydrogen (secondary N) is 2. The van der Waals surface area contributed by atoms with Gasteiger partial charge in [0.25, 0.3) is 0 Å². The Hall–Kier alpha value is -1.80. The first-order valence-corrected chi connectivity index (χ1v) is 9.90. The summed E-state index contributed by atoms with van der Waals surface area (Å²) in [5.74, 6) is 0.656. The molecule has 4 N–H and O–H groups in total. The molecule has 6 nitrogen and oxygen atoms in total. The van der Waals surface area contributed by atoms with Crippen LogP contribution in [0.15, 0.2) is 24.3 Å². The molecule has 0 aliphatic carbocycles. The van der Waals surface area contributed by atoms with Crippen molar-refractivity contribution in [3.05, 3.63) is 29.3 Å². The predicted molar refractivity (Wildman–Crippen MR) is 101 cm³/mol. The molecule has 8 heteroatoms. The molecule has 2 aromatic rings. The van der Waals surface area contributed by atoms with Gasteiger partial charge in [0, 0.05) is 12.5 Å². The number of primary amides is 1. The number of thiazole rings is 1. The van der Waals surface area contributed by atoms with E-state index in [0.717, 1.165) is 21.0 Å². The molecule has 0 radical (unpaired) electrons. The van der Waals surface area contributed by atoms with Crippen LogP contribution in [0.5, 0.6) is 0 Å². The molecular formula is C16H22N4O2S2. The number of amides is 3. The molecule has 1 heterocycles. The molecule has 0 saturated heterocycles. The van der Waals surface area contributed by atoms with Gasteiger partial charge >= 0.3 is 6.03 Å². The summed E-state index contributed by atoms with van der Waals surface area (Å²) in [6.45, 7) is 2.49. The summed E-state index contributed by atoms with van der Waals surface area (Å²) < 4.78 is 1.14. The Morgan fingerprint density at radius 3 is 2.79 bits per heavy atom. The van der Waals surface area contributed by atoms with Crippen LogP contribution >= 0.6 is 23.1 Å². The van der Waals surface area contributed by atoms with E-state index in [9.17, 15) is 9.59 Å². The van der Waals surface area contributed by atoms with E-state index < -0.39 is 12.1 Å². The van der Waals surface area contributed by atoms with Crippen LogP contribution in [0.2, 0.25) is 0 Å². The fourth-order valence-corrected chi connectivity index (χ4v) is 3.73. The zero-order valence-electron chi connectivity index (χ0n) is 13.7. The Morgan fingerprint density at radius 1 is 1.38 bits per heavy atom. The van der Waals surface area contributed by atoms with Crippen molar-refractivity contribution in [3.63, 3.8) is 0 Å². The van der Waals surface area contributed by atoms with Gasteiger partial charge in [-0.3, -0.25) is 4.79 Å². The van der Waals surface area contributed by atoms with Gasteiger partial charge in [0.05, 0.1) is 15.2 Å². The van der Waals surface area contributed by atoms with Crippen molar-refractivity contribution in [2.24, 2.45) is 5.73 Å². The molecule has 0 saturated carbocycles. The third-order valence-electron chi connectivity index (χ3n) is 3.56. The number of urea groups is 1. The average molecular weight is 367 g/mol. The summed E-state index contributed by atoms with van der Waals surface area (Å²) in [7, 11) is 0. The van der Waals surface area contributed by atoms with Crippen molar-refractivity contribution in [1.29, 1.82) is 0 Å². The smallest absolute Gasteiger partial charge is 0.312 e. The summed E-state index contributed by atoms with van der Waals surface area (Å²) in [6.07, 6.45) is 2.50. The number of nitrogens with two attached hydrogens (primary N) is 1. The Bertz CT molecular complexity index is 671. The van der Waals surface area contributed by atoms with Gasteiger partial charge in [0.15, 0.2) is 0 Å². The lowest BCUT2D eigenvalue weighted by Crippen LogP contribution is -2.49. The van der Waals surface area contributed by atoms with Gasteiger partial charge in [-0.1, -0.05) is 19.1 Å². The highest BCUT2D eigenvalue weighted by molar-refractivity contribution is 7.98. The van der Waals surface area contributed by atoms with Crippen molar-refractivity contribution in [1.82, 2.24) is 15.6 Å². The average Bonchev–Trinajstić information content (AvgIpc) is 3.00. The first-order valence-electron chi connectivity index (χ1n) is 7.69. The topological polar surface area (TPSA) is 97.1 Å². The fraction of sp³-hybridized carbons (Fsp3) is 0.438. The van der Waals surface area contributed by atoms with Gasteiger partial charge in [-0.15, -0.1) is 11.3 Å². The molecular weight excluding hydrogens is 344 g/mol. The molecule has 0 aliphatic rings. The lowest BCUT2D eigenvalue weighted by Gasteiger charge is -2.18. The molecule has 0 spiro atoms. The standard InChI is InChI=1S/C16H22N4O2S2/c1-10(15-19-11-5-3-4-6-13(11)24-15)9-18-14(21)12(7-8-23-2)20-16(17)22/h3-6,10,12H,7-9H2,1-2H3,(H,18,21)(H3,17,20,22). The molecule has 24 heavy (non-hydrogen) atoms. The van der Waals surface area contributed by atoms with Crippen molar-refractivity contribution < 1.29 is 9.59 Å².